The molecular weight excluding hydrogens is 196 g/mol. The lowest BCUT2D eigenvalue weighted by Crippen LogP contribution is -2.18. The molecule has 0 atom stereocenters. The van der Waals surface area contributed by atoms with Gasteiger partial charge in [0.15, 0.2) is 0 Å². The lowest BCUT2D eigenvalue weighted by Gasteiger charge is -2.22. The largest absolute Gasteiger partial charge is 0.0916 e. The highest BCUT2D eigenvalue weighted by Crippen LogP contribution is 2.30. The van der Waals surface area contributed by atoms with Crippen LogP contribution in [0.3, 0.4) is 0 Å². The van der Waals surface area contributed by atoms with Crippen molar-refractivity contribution in [1.29, 1.82) is 0 Å². The normalized spacial score (nSPS) is 23.7. The van der Waals surface area contributed by atoms with E-state index >= 15 is 0 Å². The molecule has 1 aliphatic carbocycles. The molecule has 1 saturated carbocycles. The SMILES string of the molecule is CCC/C=C1\CCCC\C1=C/[Si](C)(C)C. The maximum absolute atomic E-state index is 2.62. The monoisotopic (exact) mass is 222 g/mol. The minimum Gasteiger partial charge on any atom is -0.0916 e. The number of hydrogen-bond donors (Lipinski definition) is 0. The van der Waals surface area contributed by atoms with Gasteiger partial charge in [-0.25, -0.2) is 0 Å². The Morgan fingerprint density at radius 3 is 2.20 bits per heavy atom. The van der Waals surface area contributed by atoms with E-state index < -0.39 is 8.07 Å². The Morgan fingerprint density at radius 2 is 1.67 bits per heavy atom. The van der Waals surface area contributed by atoms with Gasteiger partial charge in [0.1, 0.15) is 0 Å². The third-order valence-electron chi connectivity index (χ3n) is 2.84. The molecule has 0 aliphatic heterocycles. The molecule has 1 fully saturated rings. The molecule has 0 radical (unpaired) electrons. The summed E-state index contributed by atoms with van der Waals surface area (Å²) in [5.74, 6) is 0. The molecule has 1 aliphatic rings. The van der Waals surface area contributed by atoms with Gasteiger partial charge in [0.05, 0.1) is 8.07 Å². The summed E-state index contributed by atoms with van der Waals surface area (Å²) in [6.45, 7) is 9.58. The van der Waals surface area contributed by atoms with Crippen LogP contribution in [0.15, 0.2) is 22.9 Å². The molecule has 0 spiro atoms. The summed E-state index contributed by atoms with van der Waals surface area (Å²) >= 11 is 0. The van der Waals surface area contributed by atoms with Crippen molar-refractivity contribution in [3.63, 3.8) is 0 Å². The van der Waals surface area contributed by atoms with Crippen LogP contribution in [0.5, 0.6) is 0 Å². The molecule has 0 N–H and O–H groups in total. The second-order valence-electron chi connectivity index (χ2n) is 5.76. The molecule has 0 saturated heterocycles. The van der Waals surface area contributed by atoms with Gasteiger partial charge in [0.25, 0.3) is 0 Å². The van der Waals surface area contributed by atoms with E-state index in [-0.39, 0.29) is 0 Å². The highest BCUT2D eigenvalue weighted by Gasteiger charge is 2.16. The van der Waals surface area contributed by atoms with Crippen molar-refractivity contribution >= 4 is 8.07 Å². The summed E-state index contributed by atoms with van der Waals surface area (Å²) in [7, 11) is -1.03. The summed E-state index contributed by atoms with van der Waals surface area (Å²) in [5.41, 5.74) is 5.98. The van der Waals surface area contributed by atoms with Crippen molar-refractivity contribution in [2.75, 3.05) is 0 Å². The van der Waals surface area contributed by atoms with Gasteiger partial charge in [-0.05, 0) is 37.7 Å². The van der Waals surface area contributed by atoms with Crippen molar-refractivity contribution in [1.82, 2.24) is 0 Å². The molecule has 0 bridgehead atoms. The molecule has 0 unspecified atom stereocenters. The van der Waals surface area contributed by atoms with Crippen LogP contribution in [0.2, 0.25) is 19.6 Å². The average Bonchev–Trinajstić information content (AvgIpc) is 2.14. The smallest absolute Gasteiger partial charge is 0.0690 e. The van der Waals surface area contributed by atoms with E-state index in [0.29, 0.717) is 0 Å². The van der Waals surface area contributed by atoms with E-state index in [1.807, 2.05) is 0 Å². The van der Waals surface area contributed by atoms with Crippen molar-refractivity contribution in [3.8, 4) is 0 Å². The lowest BCUT2D eigenvalue weighted by molar-refractivity contribution is 0.675. The Labute approximate surface area is 96.5 Å². The topological polar surface area (TPSA) is 0 Å². The van der Waals surface area contributed by atoms with Crippen LogP contribution < -0.4 is 0 Å². The maximum Gasteiger partial charge on any atom is 0.0690 e. The van der Waals surface area contributed by atoms with Crippen molar-refractivity contribution in [2.45, 2.75) is 65.1 Å². The van der Waals surface area contributed by atoms with E-state index in [4.69, 9.17) is 0 Å². The molecule has 0 aromatic heterocycles. The van der Waals surface area contributed by atoms with E-state index in [1.54, 1.807) is 11.1 Å². The Bertz CT molecular complexity index is 253. The van der Waals surface area contributed by atoms with Gasteiger partial charge in [-0.15, -0.1) is 0 Å². The summed E-state index contributed by atoms with van der Waals surface area (Å²) < 4.78 is 0. The first-order chi connectivity index (χ1) is 7.03. The first-order valence-corrected chi connectivity index (χ1v) is 10.0. The molecule has 0 aromatic rings. The van der Waals surface area contributed by atoms with E-state index in [0.717, 1.165) is 0 Å². The number of hydrogen-bond acceptors (Lipinski definition) is 0. The summed E-state index contributed by atoms with van der Waals surface area (Å²) in [5, 5.41) is 0. The molecule has 0 nitrogen and oxygen atoms in total. The van der Waals surface area contributed by atoms with Gasteiger partial charge in [0.2, 0.25) is 0 Å². The van der Waals surface area contributed by atoms with Crippen LogP contribution >= 0.6 is 0 Å². The van der Waals surface area contributed by atoms with E-state index in [2.05, 4.69) is 38.3 Å². The van der Waals surface area contributed by atoms with Crippen LogP contribution in [-0.4, -0.2) is 8.07 Å². The Morgan fingerprint density at radius 1 is 1.07 bits per heavy atom. The maximum atomic E-state index is 2.62. The second kappa shape index (κ2) is 5.69. The van der Waals surface area contributed by atoms with Gasteiger partial charge >= 0.3 is 0 Å². The zero-order valence-electron chi connectivity index (χ0n) is 10.9. The fourth-order valence-corrected chi connectivity index (χ4v) is 3.57. The van der Waals surface area contributed by atoms with Gasteiger partial charge in [-0.1, -0.05) is 50.3 Å². The Balaban J connectivity index is 2.78. The van der Waals surface area contributed by atoms with Crippen LogP contribution in [0.1, 0.15) is 45.4 Å². The third-order valence-corrected chi connectivity index (χ3v) is 4.06. The molecule has 86 valence electrons. The van der Waals surface area contributed by atoms with Crippen molar-refractivity contribution in [3.05, 3.63) is 22.9 Å². The molecule has 1 rings (SSSR count). The van der Waals surface area contributed by atoms with Crippen molar-refractivity contribution in [2.24, 2.45) is 0 Å². The second-order valence-corrected chi connectivity index (χ2v) is 10.8. The van der Waals surface area contributed by atoms with Gasteiger partial charge in [-0.2, -0.15) is 0 Å². The minimum absolute atomic E-state index is 1.03. The number of unbranched alkanes of at least 4 members (excludes halogenated alkanes) is 1. The molecule has 0 aromatic carbocycles. The predicted octanol–water partition coefficient (Wildman–Crippen LogP) is 5.09. The molecular formula is C14H26Si. The zero-order chi connectivity index (χ0) is 11.3. The zero-order valence-corrected chi connectivity index (χ0v) is 11.9. The van der Waals surface area contributed by atoms with Crippen LogP contribution in [0.25, 0.3) is 0 Å². The fraction of sp³-hybridized carbons (Fsp3) is 0.714. The van der Waals surface area contributed by atoms with Crippen LogP contribution in [0, 0.1) is 0 Å². The van der Waals surface area contributed by atoms with Gasteiger partial charge in [0, 0.05) is 0 Å². The average molecular weight is 222 g/mol. The highest BCUT2D eigenvalue weighted by atomic mass is 28.3. The number of rotatable bonds is 3. The van der Waals surface area contributed by atoms with Crippen molar-refractivity contribution < 1.29 is 0 Å². The molecule has 0 amide bonds. The summed E-state index contributed by atoms with van der Waals surface area (Å²) in [4.78, 5) is 0. The van der Waals surface area contributed by atoms with Gasteiger partial charge < -0.3 is 0 Å². The Kier molecular flexibility index (Phi) is 4.84. The quantitative estimate of drug-likeness (QED) is 0.583. The van der Waals surface area contributed by atoms with Crippen LogP contribution in [-0.2, 0) is 0 Å². The Hall–Kier alpha value is -0.303. The standard InChI is InChI=1S/C14H26Si/c1-5-6-9-13-10-7-8-11-14(13)12-15(2,3)4/h9,12H,5-8,10-11H2,1-4H3/b13-9+,14-12+. The fourth-order valence-electron chi connectivity index (χ4n) is 2.19. The molecule has 0 heterocycles. The number of allylic oxidation sites excluding steroid dienone is 3. The van der Waals surface area contributed by atoms with E-state index in [9.17, 15) is 0 Å². The summed E-state index contributed by atoms with van der Waals surface area (Å²) in [6.07, 6.45) is 10.5. The van der Waals surface area contributed by atoms with Crippen LogP contribution in [0.4, 0.5) is 0 Å². The molecule has 1 heteroatoms. The third kappa shape index (κ3) is 4.83. The first-order valence-electron chi connectivity index (χ1n) is 6.44. The highest BCUT2D eigenvalue weighted by molar-refractivity contribution is 6.81. The minimum atomic E-state index is -1.03. The lowest BCUT2D eigenvalue weighted by atomic mass is 9.90. The first kappa shape index (κ1) is 12.8. The molecule has 15 heavy (non-hydrogen) atoms. The van der Waals surface area contributed by atoms with Gasteiger partial charge in [-0.3, -0.25) is 0 Å². The summed E-state index contributed by atoms with van der Waals surface area (Å²) in [6, 6.07) is 0. The predicted molar refractivity (Wildman–Crippen MR) is 72.9 cm³/mol. The van der Waals surface area contributed by atoms with E-state index in [1.165, 1.54) is 38.5 Å².